The Morgan fingerprint density at radius 2 is 2.27 bits per heavy atom. The van der Waals surface area contributed by atoms with Crippen molar-refractivity contribution in [2.75, 3.05) is 32.0 Å². The third-order valence-corrected chi connectivity index (χ3v) is 2.42. The zero-order valence-electron chi connectivity index (χ0n) is 6.72. The second kappa shape index (κ2) is 3.95. The Balaban J connectivity index is 2.30. The monoisotopic (exact) mass is 220 g/mol. The molecule has 64 valence electrons. The number of carbonyl (C=O) groups excluding carboxylic acids is 1. The normalized spacial score (nSPS) is 18.2. The van der Waals surface area contributed by atoms with Crippen LogP contribution in [0.2, 0.25) is 0 Å². The minimum atomic E-state index is 0.172. The summed E-state index contributed by atoms with van der Waals surface area (Å²) in [6.45, 7) is 2.65. The van der Waals surface area contributed by atoms with E-state index in [1.165, 1.54) is 0 Å². The molecule has 0 aliphatic carbocycles. The van der Waals surface area contributed by atoms with Crippen molar-refractivity contribution in [3.63, 3.8) is 0 Å². The molecular formula is C7H13BrN2O. The Morgan fingerprint density at radius 3 is 2.73 bits per heavy atom. The first-order chi connectivity index (χ1) is 5.25. The van der Waals surface area contributed by atoms with Gasteiger partial charge in [-0.25, -0.2) is 4.79 Å². The number of halogens is 1. The molecule has 1 heterocycles. The summed E-state index contributed by atoms with van der Waals surface area (Å²) >= 11 is 3.34. The molecule has 4 heteroatoms. The molecule has 0 unspecified atom stereocenters. The molecule has 0 aromatic carbocycles. The molecule has 0 radical (unpaired) electrons. The Labute approximate surface area is 75.5 Å². The minimum absolute atomic E-state index is 0.172. The van der Waals surface area contributed by atoms with Crippen LogP contribution in [0.25, 0.3) is 0 Å². The van der Waals surface area contributed by atoms with Gasteiger partial charge in [0.25, 0.3) is 0 Å². The smallest absolute Gasteiger partial charge is 0.319 e. The molecule has 1 saturated heterocycles. The number of alkyl halides is 1. The van der Waals surface area contributed by atoms with Gasteiger partial charge in [0.05, 0.1) is 0 Å². The summed E-state index contributed by atoms with van der Waals surface area (Å²) in [6, 6.07) is 0.172. The lowest BCUT2D eigenvalue weighted by Crippen LogP contribution is -2.30. The van der Waals surface area contributed by atoms with E-state index in [1.54, 1.807) is 4.90 Å². The van der Waals surface area contributed by atoms with Crippen LogP contribution in [0, 0.1) is 0 Å². The molecule has 0 N–H and O–H groups in total. The fraction of sp³-hybridized carbons (Fsp3) is 0.857. The van der Waals surface area contributed by atoms with E-state index < -0.39 is 0 Å². The highest BCUT2D eigenvalue weighted by molar-refractivity contribution is 9.09. The zero-order chi connectivity index (χ0) is 8.27. The first-order valence-electron chi connectivity index (χ1n) is 3.81. The van der Waals surface area contributed by atoms with Gasteiger partial charge < -0.3 is 9.80 Å². The van der Waals surface area contributed by atoms with E-state index in [4.69, 9.17) is 0 Å². The van der Waals surface area contributed by atoms with Crippen LogP contribution >= 0.6 is 15.9 Å². The summed E-state index contributed by atoms with van der Waals surface area (Å²) in [6.07, 6.45) is 1.04. The van der Waals surface area contributed by atoms with E-state index in [-0.39, 0.29) is 6.03 Å². The number of carbonyl (C=O) groups is 1. The van der Waals surface area contributed by atoms with Gasteiger partial charge in [-0.15, -0.1) is 0 Å². The minimum Gasteiger partial charge on any atom is -0.326 e. The van der Waals surface area contributed by atoms with Crippen LogP contribution < -0.4 is 0 Å². The van der Waals surface area contributed by atoms with Gasteiger partial charge in [0.2, 0.25) is 0 Å². The number of nitrogens with zero attached hydrogens (tertiary/aromatic N) is 2. The molecule has 0 atom stereocenters. The van der Waals surface area contributed by atoms with Crippen molar-refractivity contribution in [1.29, 1.82) is 0 Å². The molecule has 0 aromatic rings. The summed E-state index contributed by atoms with van der Waals surface area (Å²) in [4.78, 5) is 14.9. The lowest BCUT2D eigenvalue weighted by atomic mass is 10.4. The van der Waals surface area contributed by atoms with E-state index in [9.17, 15) is 4.79 Å². The van der Waals surface area contributed by atoms with Gasteiger partial charge >= 0.3 is 6.03 Å². The van der Waals surface area contributed by atoms with Crippen LogP contribution in [0.15, 0.2) is 0 Å². The lowest BCUT2D eigenvalue weighted by molar-refractivity contribution is 0.199. The Hall–Kier alpha value is -0.250. The van der Waals surface area contributed by atoms with Crippen LogP contribution in [0.4, 0.5) is 4.79 Å². The second-order valence-electron chi connectivity index (χ2n) is 2.73. The second-order valence-corrected chi connectivity index (χ2v) is 3.53. The van der Waals surface area contributed by atoms with E-state index in [0.717, 1.165) is 31.4 Å². The van der Waals surface area contributed by atoms with E-state index in [1.807, 2.05) is 11.9 Å². The van der Waals surface area contributed by atoms with Crippen molar-refractivity contribution < 1.29 is 4.79 Å². The summed E-state index contributed by atoms with van der Waals surface area (Å²) in [7, 11) is 1.84. The van der Waals surface area contributed by atoms with Crippen molar-refractivity contribution >= 4 is 22.0 Å². The van der Waals surface area contributed by atoms with Gasteiger partial charge in [-0.2, -0.15) is 0 Å². The summed E-state index contributed by atoms with van der Waals surface area (Å²) in [5, 5.41) is 0.973. The molecule has 1 fully saturated rings. The number of rotatable bonds is 3. The number of hydrogen-bond acceptors (Lipinski definition) is 1. The SMILES string of the molecule is CN1CCN(CCCBr)C1=O. The lowest BCUT2D eigenvalue weighted by Gasteiger charge is -2.14. The molecule has 2 amide bonds. The molecule has 0 aromatic heterocycles. The Bertz CT molecular complexity index is 151. The van der Waals surface area contributed by atoms with Gasteiger partial charge in [0.1, 0.15) is 0 Å². The van der Waals surface area contributed by atoms with Crippen molar-refractivity contribution in [3.8, 4) is 0 Å². The van der Waals surface area contributed by atoms with Crippen molar-refractivity contribution in [2.45, 2.75) is 6.42 Å². The standard InChI is InChI=1S/C7H13BrN2O/c1-9-5-6-10(7(9)11)4-2-3-8/h2-6H2,1H3. The molecule has 1 aliphatic rings. The van der Waals surface area contributed by atoms with Gasteiger partial charge in [-0.3, -0.25) is 0 Å². The number of amides is 2. The summed E-state index contributed by atoms with van der Waals surface area (Å²) < 4.78 is 0. The van der Waals surface area contributed by atoms with Gasteiger partial charge in [0.15, 0.2) is 0 Å². The first kappa shape index (κ1) is 8.84. The summed E-state index contributed by atoms with van der Waals surface area (Å²) in [5.74, 6) is 0. The molecule has 0 saturated carbocycles. The van der Waals surface area contributed by atoms with Crippen LogP contribution in [0.3, 0.4) is 0 Å². The van der Waals surface area contributed by atoms with Crippen LogP contribution in [0.1, 0.15) is 6.42 Å². The van der Waals surface area contributed by atoms with Crippen LogP contribution in [-0.2, 0) is 0 Å². The molecule has 1 rings (SSSR count). The Morgan fingerprint density at radius 1 is 1.55 bits per heavy atom. The largest absolute Gasteiger partial charge is 0.326 e. The highest BCUT2D eigenvalue weighted by Gasteiger charge is 2.23. The predicted molar refractivity (Wildman–Crippen MR) is 48.0 cm³/mol. The first-order valence-corrected chi connectivity index (χ1v) is 4.94. The maximum absolute atomic E-state index is 11.2. The Kier molecular flexibility index (Phi) is 3.17. The summed E-state index contributed by atoms with van der Waals surface area (Å²) in [5.41, 5.74) is 0. The maximum atomic E-state index is 11.2. The molecule has 11 heavy (non-hydrogen) atoms. The topological polar surface area (TPSA) is 23.6 Å². The quantitative estimate of drug-likeness (QED) is 0.655. The van der Waals surface area contributed by atoms with Gasteiger partial charge in [0, 0.05) is 32.0 Å². The highest BCUT2D eigenvalue weighted by atomic mass is 79.9. The molecule has 3 nitrogen and oxygen atoms in total. The zero-order valence-corrected chi connectivity index (χ0v) is 8.30. The fourth-order valence-electron chi connectivity index (χ4n) is 1.16. The average Bonchev–Trinajstić information content (AvgIpc) is 2.31. The number of hydrogen-bond donors (Lipinski definition) is 0. The van der Waals surface area contributed by atoms with Gasteiger partial charge in [-0.05, 0) is 6.42 Å². The van der Waals surface area contributed by atoms with E-state index in [0.29, 0.717) is 0 Å². The third-order valence-electron chi connectivity index (χ3n) is 1.86. The number of likely N-dealkylation sites (N-methyl/N-ethyl adjacent to an activating group) is 1. The van der Waals surface area contributed by atoms with E-state index in [2.05, 4.69) is 15.9 Å². The molecular weight excluding hydrogens is 208 g/mol. The van der Waals surface area contributed by atoms with Crippen molar-refractivity contribution in [2.24, 2.45) is 0 Å². The van der Waals surface area contributed by atoms with E-state index >= 15 is 0 Å². The number of urea groups is 1. The predicted octanol–water partition coefficient (Wildman–Crippen LogP) is 1.14. The van der Waals surface area contributed by atoms with Crippen LogP contribution in [0.5, 0.6) is 0 Å². The molecule has 0 bridgehead atoms. The molecule has 0 spiro atoms. The van der Waals surface area contributed by atoms with Crippen LogP contribution in [-0.4, -0.2) is 47.8 Å². The maximum Gasteiger partial charge on any atom is 0.319 e. The van der Waals surface area contributed by atoms with Crippen molar-refractivity contribution in [3.05, 3.63) is 0 Å². The van der Waals surface area contributed by atoms with Crippen molar-refractivity contribution in [1.82, 2.24) is 9.80 Å². The third kappa shape index (κ3) is 2.09. The highest BCUT2D eigenvalue weighted by Crippen LogP contribution is 2.06. The fourth-order valence-corrected chi connectivity index (χ4v) is 1.41. The van der Waals surface area contributed by atoms with Gasteiger partial charge in [-0.1, -0.05) is 15.9 Å². The molecule has 1 aliphatic heterocycles. The average molecular weight is 221 g/mol.